The standard InChI is InChI=1S/C16H17Cl2NO2/c1-20-15-4-2-14(18)9-12(15)10-21-16-5-3-13(17)8-11(16)6-7-19/h2-5,8-9H,6-7,10,19H2,1H3. The molecule has 2 N–H and O–H groups in total. The van der Waals surface area contributed by atoms with E-state index >= 15 is 0 Å². The minimum Gasteiger partial charge on any atom is -0.496 e. The summed E-state index contributed by atoms with van der Waals surface area (Å²) in [5.74, 6) is 1.51. The van der Waals surface area contributed by atoms with Gasteiger partial charge in [-0.05, 0) is 54.9 Å². The SMILES string of the molecule is COc1ccc(Cl)cc1COc1ccc(Cl)cc1CCN. The summed E-state index contributed by atoms with van der Waals surface area (Å²) < 4.78 is 11.2. The highest BCUT2D eigenvalue weighted by atomic mass is 35.5. The summed E-state index contributed by atoms with van der Waals surface area (Å²) in [4.78, 5) is 0. The van der Waals surface area contributed by atoms with Gasteiger partial charge in [-0.3, -0.25) is 0 Å². The van der Waals surface area contributed by atoms with Gasteiger partial charge in [0, 0.05) is 15.6 Å². The van der Waals surface area contributed by atoms with Crippen LogP contribution in [-0.2, 0) is 13.0 Å². The molecule has 0 aliphatic carbocycles. The van der Waals surface area contributed by atoms with Crippen LogP contribution in [0.4, 0.5) is 0 Å². The Balaban J connectivity index is 2.18. The quantitative estimate of drug-likeness (QED) is 0.870. The molecule has 0 bridgehead atoms. The Morgan fingerprint density at radius 3 is 2.19 bits per heavy atom. The smallest absolute Gasteiger partial charge is 0.125 e. The van der Waals surface area contributed by atoms with Gasteiger partial charge in [0.1, 0.15) is 18.1 Å². The number of nitrogens with two attached hydrogens (primary N) is 1. The highest BCUT2D eigenvalue weighted by Gasteiger charge is 2.08. The average Bonchev–Trinajstić information content (AvgIpc) is 2.47. The van der Waals surface area contributed by atoms with E-state index in [4.69, 9.17) is 38.4 Å². The molecule has 0 aliphatic heterocycles. The van der Waals surface area contributed by atoms with Crippen LogP contribution in [0.3, 0.4) is 0 Å². The third-order valence-corrected chi connectivity index (χ3v) is 3.53. The lowest BCUT2D eigenvalue weighted by atomic mass is 10.1. The molecule has 0 aliphatic rings. The van der Waals surface area contributed by atoms with Crippen LogP contribution in [0.5, 0.6) is 11.5 Å². The Morgan fingerprint density at radius 1 is 0.952 bits per heavy atom. The van der Waals surface area contributed by atoms with Crippen molar-refractivity contribution in [3.05, 3.63) is 57.6 Å². The van der Waals surface area contributed by atoms with Crippen molar-refractivity contribution in [1.29, 1.82) is 0 Å². The van der Waals surface area contributed by atoms with Crippen LogP contribution in [-0.4, -0.2) is 13.7 Å². The van der Waals surface area contributed by atoms with Crippen molar-refractivity contribution in [3.63, 3.8) is 0 Å². The minimum absolute atomic E-state index is 0.364. The van der Waals surface area contributed by atoms with E-state index in [9.17, 15) is 0 Å². The fourth-order valence-corrected chi connectivity index (χ4v) is 2.44. The summed E-state index contributed by atoms with van der Waals surface area (Å²) in [6.45, 7) is 0.903. The monoisotopic (exact) mass is 325 g/mol. The summed E-state index contributed by atoms with van der Waals surface area (Å²) >= 11 is 12.0. The molecule has 2 aromatic rings. The third-order valence-electron chi connectivity index (χ3n) is 3.06. The van der Waals surface area contributed by atoms with Gasteiger partial charge in [-0.15, -0.1) is 0 Å². The van der Waals surface area contributed by atoms with E-state index in [1.807, 2.05) is 24.3 Å². The highest BCUT2D eigenvalue weighted by molar-refractivity contribution is 6.31. The van der Waals surface area contributed by atoms with E-state index in [-0.39, 0.29) is 0 Å². The Kier molecular flexibility index (Phi) is 5.74. The molecule has 2 aromatic carbocycles. The molecular weight excluding hydrogens is 309 g/mol. The van der Waals surface area contributed by atoms with Crippen molar-refractivity contribution < 1.29 is 9.47 Å². The van der Waals surface area contributed by atoms with E-state index in [2.05, 4.69) is 0 Å². The molecule has 0 saturated carbocycles. The first-order valence-electron chi connectivity index (χ1n) is 6.57. The molecule has 112 valence electrons. The molecule has 0 aromatic heterocycles. The number of methoxy groups -OCH3 is 1. The maximum atomic E-state index is 6.01. The van der Waals surface area contributed by atoms with Crippen molar-refractivity contribution in [2.24, 2.45) is 5.73 Å². The summed E-state index contributed by atoms with van der Waals surface area (Å²) in [5.41, 5.74) is 7.50. The third kappa shape index (κ3) is 4.27. The summed E-state index contributed by atoms with van der Waals surface area (Å²) in [5, 5.41) is 1.32. The van der Waals surface area contributed by atoms with Gasteiger partial charge in [-0.2, -0.15) is 0 Å². The van der Waals surface area contributed by atoms with Crippen LogP contribution in [0.2, 0.25) is 10.0 Å². The molecular formula is C16H17Cl2NO2. The zero-order valence-electron chi connectivity index (χ0n) is 11.7. The van der Waals surface area contributed by atoms with Crippen molar-refractivity contribution in [3.8, 4) is 11.5 Å². The molecule has 21 heavy (non-hydrogen) atoms. The molecule has 0 spiro atoms. The lowest BCUT2D eigenvalue weighted by Crippen LogP contribution is -2.06. The van der Waals surface area contributed by atoms with E-state index < -0.39 is 0 Å². The van der Waals surface area contributed by atoms with Crippen LogP contribution < -0.4 is 15.2 Å². The molecule has 0 heterocycles. The van der Waals surface area contributed by atoms with Gasteiger partial charge in [-0.25, -0.2) is 0 Å². The van der Waals surface area contributed by atoms with Gasteiger partial charge in [0.15, 0.2) is 0 Å². The molecule has 2 rings (SSSR count). The van der Waals surface area contributed by atoms with Gasteiger partial charge in [-0.1, -0.05) is 23.2 Å². The summed E-state index contributed by atoms with van der Waals surface area (Å²) in [6, 6.07) is 11.0. The lowest BCUT2D eigenvalue weighted by Gasteiger charge is -2.13. The van der Waals surface area contributed by atoms with Crippen molar-refractivity contribution in [2.45, 2.75) is 13.0 Å². The molecule has 0 unspecified atom stereocenters. The second kappa shape index (κ2) is 7.55. The molecule has 0 atom stereocenters. The Hall–Kier alpha value is -1.42. The predicted molar refractivity (Wildman–Crippen MR) is 86.5 cm³/mol. The molecule has 0 amide bonds. The zero-order valence-corrected chi connectivity index (χ0v) is 13.2. The fraction of sp³-hybridized carbons (Fsp3) is 0.250. The predicted octanol–water partition coefficient (Wildman–Crippen LogP) is 4.08. The number of rotatable bonds is 6. The Bertz CT molecular complexity index is 617. The number of hydrogen-bond acceptors (Lipinski definition) is 3. The molecule has 0 fully saturated rings. The van der Waals surface area contributed by atoms with E-state index in [1.54, 1.807) is 19.2 Å². The largest absolute Gasteiger partial charge is 0.496 e. The minimum atomic E-state index is 0.364. The Labute approximate surface area is 134 Å². The van der Waals surface area contributed by atoms with Crippen molar-refractivity contribution >= 4 is 23.2 Å². The first-order chi connectivity index (χ1) is 10.1. The lowest BCUT2D eigenvalue weighted by molar-refractivity contribution is 0.294. The van der Waals surface area contributed by atoms with Crippen LogP contribution in [0.15, 0.2) is 36.4 Å². The van der Waals surface area contributed by atoms with Gasteiger partial charge in [0.25, 0.3) is 0 Å². The van der Waals surface area contributed by atoms with Crippen LogP contribution in [0.25, 0.3) is 0 Å². The molecule has 0 saturated heterocycles. The topological polar surface area (TPSA) is 44.5 Å². The van der Waals surface area contributed by atoms with Gasteiger partial charge in [0.05, 0.1) is 7.11 Å². The van der Waals surface area contributed by atoms with Gasteiger partial charge < -0.3 is 15.2 Å². The number of halogens is 2. The van der Waals surface area contributed by atoms with Gasteiger partial charge in [0.2, 0.25) is 0 Å². The second-order valence-corrected chi connectivity index (χ2v) is 5.41. The van der Waals surface area contributed by atoms with Crippen molar-refractivity contribution in [2.75, 3.05) is 13.7 Å². The molecule has 0 radical (unpaired) electrons. The highest BCUT2D eigenvalue weighted by Crippen LogP contribution is 2.27. The molecule has 3 nitrogen and oxygen atoms in total. The maximum absolute atomic E-state index is 6.01. The summed E-state index contributed by atoms with van der Waals surface area (Å²) in [6.07, 6.45) is 0.711. The van der Waals surface area contributed by atoms with E-state index in [1.165, 1.54) is 0 Å². The van der Waals surface area contributed by atoms with Crippen LogP contribution >= 0.6 is 23.2 Å². The maximum Gasteiger partial charge on any atom is 0.125 e. The van der Waals surface area contributed by atoms with E-state index in [0.29, 0.717) is 29.6 Å². The van der Waals surface area contributed by atoms with Gasteiger partial charge >= 0.3 is 0 Å². The number of hydrogen-bond donors (Lipinski definition) is 1. The molecule has 5 heteroatoms. The first-order valence-corrected chi connectivity index (χ1v) is 7.33. The average molecular weight is 326 g/mol. The second-order valence-electron chi connectivity index (χ2n) is 4.54. The van der Waals surface area contributed by atoms with Crippen LogP contribution in [0.1, 0.15) is 11.1 Å². The number of ether oxygens (including phenoxy) is 2. The van der Waals surface area contributed by atoms with Crippen molar-refractivity contribution in [1.82, 2.24) is 0 Å². The Morgan fingerprint density at radius 2 is 1.57 bits per heavy atom. The number of benzene rings is 2. The van der Waals surface area contributed by atoms with E-state index in [0.717, 1.165) is 22.6 Å². The normalized spacial score (nSPS) is 10.5. The fourth-order valence-electron chi connectivity index (χ4n) is 2.06. The first kappa shape index (κ1) is 16.0. The van der Waals surface area contributed by atoms with Crippen LogP contribution in [0, 0.1) is 0 Å². The zero-order chi connectivity index (χ0) is 15.2. The summed E-state index contributed by atoms with van der Waals surface area (Å²) in [7, 11) is 1.62.